The Balaban J connectivity index is 1.73. The molecule has 2 heterocycles. The number of phenols is 1. The predicted octanol–water partition coefficient (Wildman–Crippen LogP) is 2.11. The van der Waals surface area contributed by atoms with E-state index in [9.17, 15) is 14.7 Å². The fourth-order valence-electron chi connectivity index (χ4n) is 4.37. The van der Waals surface area contributed by atoms with Gasteiger partial charge in [-0.1, -0.05) is 6.07 Å². The normalized spacial score (nSPS) is 23.3. The van der Waals surface area contributed by atoms with Crippen LogP contribution in [0, 0.1) is 12.3 Å². The van der Waals surface area contributed by atoms with Gasteiger partial charge in [0.1, 0.15) is 5.75 Å². The molecule has 0 unspecified atom stereocenters. The van der Waals surface area contributed by atoms with Gasteiger partial charge < -0.3 is 19.8 Å². The minimum Gasteiger partial charge on any atom is -0.508 e. The number of aromatic hydroxyl groups is 1. The number of rotatable bonds is 4. The molecule has 2 amide bonds. The minimum atomic E-state index is -0.0146. The van der Waals surface area contributed by atoms with Crippen LogP contribution in [0.5, 0.6) is 5.75 Å². The highest BCUT2D eigenvalue weighted by atomic mass is 16.3. The monoisotopic (exact) mass is 373 g/mol. The summed E-state index contributed by atoms with van der Waals surface area (Å²) in [5.41, 5.74) is 1.20. The van der Waals surface area contributed by atoms with Gasteiger partial charge in [0.2, 0.25) is 5.91 Å². The first kappa shape index (κ1) is 19.7. The molecule has 1 N–H and O–H groups in total. The summed E-state index contributed by atoms with van der Waals surface area (Å²) >= 11 is 0. The molecule has 1 aromatic carbocycles. The maximum Gasteiger partial charge on any atom is 0.254 e. The number of amides is 2. The summed E-state index contributed by atoms with van der Waals surface area (Å²) in [5.74, 6) is 0.375. The number of likely N-dealkylation sites (N-methyl/N-ethyl adjacent to an activating group) is 1. The Hall–Kier alpha value is -2.08. The highest BCUT2D eigenvalue weighted by Crippen LogP contribution is 2.39. The summed E-state index contributed by atoms with van der Waals surface area (Å²) in [5, 5.41) is 9.94. The number of piperidine rings is 2. The fraction of sp³-hybridized carbons (Fsp3) is 0.619. The van der Waals surface area contributed by atoms with Crippen molar-refractivity contribution in [3.63, 3.8) is 0 Å². The van der Waals surface area contributed by atoms with Crippen LogP contribution in [-0.4, -0.2) is 78.4 Å². The third-order valence-corrected chi connectivity index (χ3v) is 6.05. The molecule has 0 radical (unpaired) electrons. The SMILES string of the molecule is Cc1c(O)cccc1C(=O)N1CCC[C@@]2(CCC(=O)N(CCN(C)C)C2)C1. The van der Waals surface area contributed by atoms with E-state index in [1.54, 1.807) is 25.1 Å². The maximum atomic E-state index is 13.1. The molecule has 1 spiro atoms. The van der Waals surface area contributed by atoms with Crippen LogP contribution in [0.4, 0.5) is 0 Å². The van der Waals surface area contributed by atoms with Crippen LogP contribution in [0.25, 0.3) is 0 Å². The van der Waals surface area contributed by atoms with Crippen LogP contribution >= 0.6 is 0 Å². The molecule has 27 heavy (non-hydrogen) atoms. The van der Waals surface area contributed by atoms with Crippen LogP contribution in [0.2, 0.25) is 0 Å². The summed E-state index contributed by atoms with van der Waals surface area (Å²) in [4.78, 5) is 31.4. The number of phenolic OH excluding ortho intramolecular Hbond substituents is 1. The first-order valence-corrected chi connectivity index (χ1v) is 9.82. The van der Waals surface area contributed by atoms with Gasteiger partial charge in [-0.3, -0.25) is 9.59 Å². The van der Waals surface area contributed by atoms with Crippen LogP contribution in [0.15, 0.2) is 18.2 Å². The molecule has 0 aliphatic carbocycles. The molecule has 148 valence electrons. The first-order valence-electron chi connectivity index (χ1n) is 9.82. The largest absolute Gasteiger partial charge is 0.508 e. The first-order chi connectivity index (χ1) is 12.8. The van der Waals surface area contributed by atoms with Crippen molar-refractivity contribution in [2.24, 2.45) is 5.41 Å². The number of benzene rings is 1. The predicted molar refractivity (Wildman–Crippen MR) is 105 cm³/mol. The molecule has 0 aromatic heterocycles. The second-order valence-corrected chi connectivity index (χ2v) is 8.40. The number of carbonyl (C=O) groups excluding carboxylic acids is 2. The number of likely N-dealkylation sites (tertiary alicyclic amines) is 2. The van der Waals surface area contributed by atoms with Crippen LogP contribution in [0.1, 0.15) is 41.6 Å². The lowest BCUT2D eigenvalue weighted by Gasteiger charge is -2.48. The van der Waals surface area contributed by atoms with Gasteiger partial charge in [-0.05, 0) is 52.4 Å². The molecule has 2 aliphatic rings. The standard InChI is InChI=1S/C21H31N3O3/c1-16-17(6-4-7-18(16)25)20(27)24-11-5-9-21(15-24)10-8-19(26)23(14-21)13-12-22(2)3/h4,6-7,25H,5,8-15H2,1-3H3/t21-/m0/s1. The average Bonchev–Trinajstić information content (AvgIpc) is 2.64. The van der Waals surface area contributed by atoms with Crippen LogP contribution in [-0.2, 0) is 4.79 Å². The van der Waals surface area contributed by atoms with Crippen LogP contribution in [0.3, 0.4) is 0 Å². The molecular formula is C21H31N3O3. The van der Waals surface area contributed by atoms with Gasteiger partial charge in [0.25, 0.3) is 5.91 Å². The van der Waals surface area contributed by atoms with E-state index in [-0.39, 0.29) is 23.0 Å². The van der Waals surface area contributed by atoms with Gasteiger partial charge in [-0.25, -0.2) is 0 Å². The van der Waals surface area contributed by atoms with E-state index in [0.717, 1.165) is 45.4 Å². The zero-order chi connectivity index (χ0) is 19.6. The zero-order valence-corrected chi connectivity index (χ0v) is 16.7. The Labute approximate surface area is 161 Å². The molecule has 2 fully saturated rings. The van der Waals surface area contributed by atoms with E-state index in [2.05, 4.69) is 4.90 Å². The lowest BCUT2D eigenvalue weighted by molar-refractivity contribution is -0.139. The van der Waals surface area contributed by atoms with Crippen molar-refractivity contribution in [1.29, 1.82) is 0 Å². The van der Waals surface area contributed by atoms with Gasteiger partial charge >= 0.3 is 0 Å². The second kappa shape index (κ2) is 7.89. The highest BCUT2D eigenvalue weighted by Gasteiger charge is 2.42. The number of nitrogens with zero attached hydrogens (tertiary/aromatic N) is 3. The Morgan fingerprint density at radius 2 is 2.04 bits per heavy atom. The second-order valence-electron chi connectivity index (χ2n) is 8.40. The third-order valence-electron chi connectivity index (χ3n) is 6.05. The summed E-state index contributed by atoms with van der Waals surface area (Å²) in [7, 11) is 4.03. The van der Waals surface area contributed by atoms with Crippen molar-refractivity contribution in [2.45, 2.75) is 32.6 Å². The van der Waals surface area contributed by atoms with E-state index >= 15 is 0 Å². The average molecular weight is 373 g/mol. The van der Waals surface area contributed by atoms with Gasteiger partial charge in [0, 0.05) is 55.7 Å². The maximum absolute atomic E-state index is 13.1. The molecule has 3 rings (SSSR count). The number of hydrogen-bond donors (Lipinski definition) is 1. The van der Waals surface area contributed by atoms with E-state index in [4.69, 9.17) is 0 Å². The summed E-state index contributed by atoms with van der Waals surface area (Å²) in [6.07, 6.45) is 3.44. The molecule has 1 aromatic rings. The molecule has 0 bridgehead atoms. The van der Waals surface area contributed by atoms with Crippen molar-refractivity contribution in [3.8, 4) is 5.75 Å². The van der Waals surface area contributed by atoms with Crippen molar-refractivity contribution in [3.05, 3.63) is 29.3 Å². The summed E-state index contributed by atoms with van der Waals surface area (Å²) in [6.45, 7) is 5.54. The molecular weight excluding hydrogens is 342 g/mol. The van der Waals surface area contributed by atoms with Crippen molar-refractivity contribution < 1.29 is 14.7 Å². The van der Waals surface area contributed by atoms with Gasteiger partial charge in [0.15, 0.2) is 0 Å². The van der Waals surface area contributed by atoms with Gasteiger partial charge in [-0.15, -0.1) is 0 Å². The van der Waals surface area contributed by atoms with Crippen molar-refractivity contribution >= 4 is 11.8 Å². The summed E-state index contributed by atoms with van der Waals surface area (Å²) < 4.78 is 0. The summed E-state index contributed by atoms with van der Waals surface area (Å²) in [6, 6.07) is 5.11. The third kappa shape index (κ3) is 4.26. The lowest BCUT2D eigenvalue weighted by atomic mass is 9.73. The zero-order valence-electron chi connectivity index (χ0n) is 16.7. The molecule has 1 atom stereocenters. The van der Waals surface area contributed by atoms with E-state index < -0.39 is 0 Å². The fourth-order valence-corrected chi connectivity index (χ4v) is 4.37. The Morgan fingerprint density at radius 3 is 2.78 bits per heavy atom. The number of hydrogen-bond acceptors (Lipinski definition) is 4. The topological polar surface area (TPSA) is 64.1 Å². The van der Waals surface area contributed by atoms with E-state index in [0.29, 0.717) is 24.1 Å². The molecule has 0 saturated carbocycles. The molecule has 6 nitrogen and oxygen atoms in total. The highest BCUT2D eigenvalue weighted by molar-refractivity contribution is 5.96. The minimum absolute atomic E-state index is 0.00113. The van der Waals surface area contributed by atoms with Gasteiger partial charge in [-0.2, -0.15) is 0 Å². The van der Waals surface area contributed by atoms with E-state index in [1.165, 1.54) is 0 Å². The quantitative estimate of drug-likeness (QED) is 0.878. The Morgan fingerprint density at radius 1 is 1.26 bits per heavy atom. The molecule has 6 heteroatoms. The lowest BCUT2D eigenvalue weighted by Crippen LogP contribution is -2.55. The molecule has 2 aliphatic heterocycles. The van der Waals surface area contributed by atoms with Crippen molar-refractivity contribution in [2.75, 3.05) is 46.8 Å². The molecule has 2 saturated heterocycles. The number of carbonyl (C=O) groups is 2. The Bertz CT molecular complexity index is 719. The smallest absolute Gasteiger partial charge is 0.254 e. The van der Waals surface area contributed by atoms with Crippen LogP contribution < -0.4 is 0 Å². The van der Waals surface area contributed by atoms with E-state index in [1.807, 2.05) is 23.9 Å². The Kier molecular flexibility index (Phi) is 5.75. The van der Waals surface area contributed by atoms with Gasteiger partial charge in [0.05, 0.1) is 0 Å². The van der Waals surface area contributed by atoms with Crippen molar-refractivity contribution in [1.82, 2.24) is 14.7 Å².